The molecule has 2 aromatic rings. The molecule has 108 valence electrons. The minimum absolute atomic E-state index is 0. The molecular formula is C14H16BrCl2N3. The number of hydrogen-bond acceptors (Lipinski definition) is 3. The number of benzene rings is 1. The van der Waals surface area contributed by atoms with E-state index >= 15 is 0 Å². The summed E-state index contributed by atoms with van der Waals surface area (Å²) in [6, 6.07) is 3.98. The standard InChI is InChI=1S/C14H15BrClN3.ClH/c1-9-2-3-11(16)12-13(9)18-8-10(15)14(12)19-6-4-17-5-7-19;/h2-3,8,17H,4-7H2,1H3;1H. The number of halogens is 3. The van der Waals surface area contributed by atoms with Crippen LogP contribution in [0, 0.1) is 6.92 Å². The van der Waals surface area contributed by atoms with Gasteiger partial charge in [-0.05, 0) is 34.5 Å². The van der Waals surface area contributed by atoms with E-state index in [9.17, 15) is 0 Å². The van der Waals surface area contributed by atoms with E-state index in [1.165, 1.54) is 5.69 Å². The summed E-state index contributed by atoms with van der Waals surface area (Å²) in [6.45, 7) is 6.05. The molecule has 0 radical (unpaired) electrons. The number of hydrogen-bond donors (Lipinski definition) is 1. The molecule has 1 saturated heterocycles. The third-order valence-corrected chi connectivity index (χ3v) is 4.43. The van der Waals surface area contributed by atoms with E-state index in [0.29, 0.717) is 0 Å². The van der Waals surface area contributed by atoms with Gasteiger partial charge in [0.25, 0.3) is 0 Å². The molecule has 20 heavy (non-hydrogen) atoms. The van der Waals surface area contributed by atoms with Crippen molar-refractivity contribution < 1.29 is 0 Å². The van der Waals surface area contributed by atoms with Gasteiger partial charge in [-0.25, -0.2) is 0 Å². The molecule has 6 heteroatoms. The molecule has 1 aliphatic rings. The van der Waals surface area contributed by atoms with Crippen LogP contribution in [0.15, 0.2) is 22.8 Å². The predicted octanol–water partition coefficient (Wildman–Crippen LogP) is 3.79. The van der Waals surface area contributed by atoms with Gasteiger partial charge in [-0.3, -0.25) is 4.98 Å². The molecule has 0 bridgehead atoms. The smallest absolute Gasteiger partial charge is 0.0767 e. The highest BCUT2D eigenvalue weighted by atomic mass is 79.9. The first-order chi connectivity index (χ1) is 9.18. The van der Waals surface area contributed by atoms with Crippen molar-refractivity contribution >= 4 is 56.5 Å². The summed E-state index contributed by atoms with van der Waals surface area (Å²) >= 11 is 10.1. The van der Waals surface area contributed by atoms with Crippen molar-refractivity contribution in [2.45, 2.75) is 6.92 Å². The Hall–Kier alpha value is -0.550. The number of nitrogens with zero attached hydrogens (tertiary/aromatic N) is 2. The average molecular weight is 377 g/mol. The van der Waals surface area contributed by atoms with Crippen LogP contribution >= 0.6 is 39.9 Å². The summed E-state index contributed by atoms with van der Waals surface area (Å²) in [6.07, 6.45) is 1.88. The number of aromatic nitrogens is 1. The van der Waals surface area contributed by atoms with Crippen LogP contribution in [-0.4, -0.2) is 31.2 Å². The van der Waals surface area contributed by atoms with E-state index in [1.807, 2.05) is 18.3 Å². The number of anilines is 1. The van der Waals surface area contributed by atoms with Gasteiger partial charge in [-0.1, -0.05) is 17.7 Å². The molecule has 1 N–H and O–H groups in total. The largest absolute Gasteiger partial charge is 0.367 e. The van der Waals surface area contributed by atoms with Crippen molar-refractivity contribution in [3.05, 3.63) is 33.4 Å². The Morgan fingerprint density at radius 1 is 1.30 bits per heavy atom. The lowest BCUT2D eigenvalue weighted by Gasteiger charge is -2.31. The Labute approximate surface area is 138 Å². The molecule has 1 aromatic heterocycles. The molecule has 0 aliphatic carbocycles. The summed E-state index contributed by atoms with van der Waals surface area (Å²) < 4.78 is 1.01. The number of fused-ring (bicyclic) bond motifs is 1. The maximum Gasteiger partial charge on any atom is 0.0767 e. The summed E-state index contributed by atoms with van der Waals surface area (Å²) in [5, 5.41) is 5.19. The van der Waals surface area contributed by atoms with Crippen LogP contribution in [0.1, 0.15) is 5.56 Å². The second-order valence-corrected chi connectivity index (χ2v) is 6.04. The molecule has 3 nitrogen and oxygen atoms in total. The van der Waals surface area contributed by atoms with Gasteiger partial charge in [0, 0.05) is 37.8 Å². The van der Waals surface area contributed by atoms with Crippen LogP contribution in [0.25, 0.3) is 10.9 Å². The zero-order chi connectivity index (χ0) is 13.4. The van der Waals surface area contributed by atoms with E-state index in [0.717, 1.165) is 52.1 Å². The fraction of sp³-hybridized carbons (Fsp3) is 0.357. The van der Waals surface area contributed by atoms with Crippen LogP contribution in [0.5, 0.6) is 0 Å². The average Bonchev–Trinajstić information content (AvgIpc) is 2.44. The van der Waals surface area contributed by atoms with E-state index in [2.05, 4.69) is 38.1 Å². The van der Waals surface area contributed by atoms with Crippen LogP contribution in [0.2, 0.25) is 5.02 Å². The Morgan fingerprint density at radius 3 is 2.70 bits per heavy atom. The Kier molecular flexibility index (Phi) is 5.13. The van der Waals surface area contributed by atoms with E-state index in [-0.39, 0.29) is 12.4 Å². The van der Waals surface area contributed by atoms with Gasteiger partial charge in [0.1, 0.15) is 0 Å². The number of nitrogens with one attached hydrogen (secondary N) is 1. The minimum Gasteiger partial charge on any atom is -0.367 e. The molecule has 0 unspecified atom stereocenters. The first kappa shape index (κ1) is 15.8. The Balaban J connectivity index is 0.00000147. The molecule has 1 aliphatic heterocycles. The number of aryl methyl sites for hydroxylation is 1. The van der Waals surface area contributed by atoms with Gasteiger partial charge in [-0.15, -0.1) is 12.4 Å². The van der Waals surface area contributed by atoms with Crippen molar-refractivity contribution in [3.8, 4) is 0 Å². The predicted molar refractivity (Wildman–Crippen MR) is 91.5 cm³/mol. The molecule has 1 fully saturated rings. The highest BCUT2D eigenvalue weighted by molar-refractivity contribution is 9.10. The topological polar surface area (TPSA) is 28.2 Å². The van der Waals surface area contributed by atoms with Crippen LogP contribution in [-0.2, 0) is 0 Å². The lowest BCUT2D eigenvalue weighted by atomic mass is 10.1. The van der Waals surface area contributed by atoms with Gasteiger partial charge in [0.2, 0.25) is 0 Å². The maximum absolute atomic E-state index is 6.42. The number of rotatable bonds is 1. The molecular weight excluding hydrogens is 361 g/mol. The minimum atomic E-state index is 0. The van der Waals surface area contributed by atoms with Gasteiger partial charge < -0.3 is 10.2 Å². The molecule has 0 atom stereocenters. The fourth-order valence-electron chi connectivity index (χ4n) is 2.56. The van der Waals surface area contributed by atoms with E-state index in [4.69, 9.17) is 11.6 Å². The maximum atomic E-state index is 6.42. The third kappa shape index (κ3) is 2.75. The molecule has 0 amide bonds. The fourth-order valence-corrected chi connectivity index (χ4v) is 3.36. The van der Waals surface area contributed by atoms with Crippen LogP contribution in [0.3, 0.4) is 0 Å². The third-order valence-electron chi connectivity index (χ3n) is 3.53. The first-order valence-corrected chi connectivity index (χ1v) is 7.54. The highest BCUT2D eigenvalue weighted by Gasteiger charge is 2.19. The molecule has 0 spiro atoms. The van der Waals surface area contributed by atoms with E-state index in [1.54, 1.807) is 0 Å². The normalized spacial score (nSPS) is 15.2. The number of pyridine rings is 1. The van der Waals surface area contributed by atoms with Crippen LogP contribution in [0.4, 0.5) is 5.69 Å². The molecule has 1 aromatic carbocycles. The lowest BCUT2D eigenvalue weighted by Crippen LogP contribution is -2.43. The number of piperazine rings is 1. The SMILES string of the molecule is Cc1ccc(Cl)c2c(N3CCNCC3)c(Br)cnc12.Cl. The lowest BCUT2D eigenvalue weighted by molar-refractivity contribution is 0.589. The monoisotopic (exact) mass is 375 g/mol. The van der Waals surface area contributed by atoms with Crippen molar-refractivity contribution in [3.63, 3.8) is 0 Å². The Bertz CT molecular complexity index is 627. The van der Waals surface area contributed by atoms with Crippen molar-refractivity contribution in [1.82, 2.24) is 10.3 Å². The zero-order valence-electron chi connectivity index (χ0n) is 11.1. The van der Waals surface area contributed by atoms with Gasteiger partial charge >= 0.3 is 0 Å². The Morgan fingerprint density at radius 2 is 2.00 bits per heavy atom. The van der Waals surface area contributed by atoms with Crippen LogP contribution < -0.4 is 10.2 Å². The quantitative estimate of drug-likeness (QED) is 0.820. The summed E-state index contributed by atoms with van der Waals surface area (Å²) in [7, 11) is 0. The summed E-state index contributed by atoms with van der Waals surface area (Å²) in [4.78, 5) is 6.89. The summed E-state index contributed by atoms with van der Waals surface area (Å²) in [5.74, 6) is 0. The van der Waals surface area contributed by atoms with Crippen molar-refractivity contribution in [2.24, 2.45) is 0 Å². The van der Waals surface area contributed by atoms with Gasteiger partial charge in [-0.2, -0.15) is 0 Å². The van der Waals surface area contributed by atoms with E-state index < -0.39 is 0 Å². The molecule has 2 heterocycles. The zero-order valence-corrected chi connectivity index (χ0v) is 14.3. The summed E-state index contributed by atoms with van der Waals surface area (Å²) in [5.41, 5.74) is 3.31. The molecule has 3 rings (SSSR count). The molecule has 0 saturated carbocycles. The van der Waals surface area contributed by atoms with Crippen molar-refractivity contribution in [2.75, 3.05) is 31.1 Å². The highest BCUT2D eigenvalue weighted by Crippen LogP contribution is 2.38. The second-order valence-electron chi connectivity index (χ2n) is 4.78. The van der Waals surface area contributed by atoms with Gasteiger partial charge in [0.05, 0.1) is 20.7 Å². The first-order valence-electron chi connectivity index (χ1n) is 6.37. The van der Waals surface area contributed by atoms with Gasteiger partial charge in [0.15, 0.2) is 0 Å². The van der Waals surface area contributed by atoms with Crippen molar-refractivity contribution in [1.29, 1.82) is 0 Å². The second kappa shape index (κ2) is 6.48.